The molecule has 1 amide bonds. The Hall–Kier alpha value is -2.45. The van der Waals surface area contributed by atoms with E-state index >= 15 is 0 Å². The number of carbonyl (C=O) groups is 1. The maximum atomic E-state index is 14.1. The second-order valence-corrected chi connectivity index (χ2v) is 10.1. The molecule has 2 aromatic rings. The monoisotopic (exact) mass is 445 g/mol. The Bertz CT molecular complexity index is 1060. The van der Waals surface area contributed by atoms with Gasteiger partial charge >= 0.3 is 0 Å². The molecule has 0 spiro atoms. The largest absolute Gasteiger partial charge is 0.366 e. The minimum absolute atomic E-state index is 0.174. The van der Waals surface area contributed by atoms with Crippen LogP contribution in [-0.2, 0) is 10.0 Å². The summed E-state index contributed by atoms with van der Waals surface area (Å²) in [6, 6.07) is 11.5. The normalized spacial score (nSPS) is 18.3. The van der Waals surface area contributed by atoms with Crippen molar-refractivity contribution in [3.05, 3.63) is 59.4 Å². The number of anilines is 1. The van der Waals surface area contributed by atoms with Crippen LogP contribution in [0.3, 0.4) is 0 Å². The molecule has 0 unspecified atom stereocenters. The lowest BCUT2D eigenvalue weighted by atomic mass is 10.1. The van der Waals surface area contributed by atoms with Gasteiger partial charge in [0.25, 0.3) is 5.91 Å². The smallest absolute Gasteiger partial charge is 0.254 e. The number of aryl methyl sites for hydroxylation is 1. The number of halogens is 1. The van der Waals surface area contributed by atoms with E-state index in [1.54, 1.807) is 35.2 Å². The Morgan fingerprint density at radius 2 is 1.58 bits per heavy atom. The summed E-state index contributed by atoms with van der Waals surface area (Å²) in [5.74, 6) is -0.449. The van der Waals surface area contributed by atoms with Crippen molar-refractivity contribution in [1.82, 2.24) is 9.21 Å². The van der Waals surface area contributed by atoms with Crippen LogP contribution in [0.1, 0.15) is 35.2 Å². The van der Waals surface area contributed by atoms with Gasteiger partial charge in [-0.05, 0) is 49.6 Å². The van der Waals surface area contributed by atoms with Gasteiger partial charge in [0.1, 0.15) is 5.82 Å². The van der Waals surface area contributed by atoms with Crippen molar-refractivity contribution in [2.45, 2.75) is 31.1 Å². The van der Waals surface area contributed by atoms with Crippen molar-refractivity contribution in [2.75, 3.05) is 44.2 Å². The molecule has 2 aliphatic heterocycles. The molecule has 0 aromatic heterocycles. The Labute approximate surface area is 183 Å². The lowest BCUT2D eigenvalue weighted by Crippen LogP contribution is -2.49. The van der Waals surface area contributed by atoms with Crippen LogP contribution in [-0.4, -0.2) is 62.8 Å². The predicted molar refractivity (Wildman–Crippen MR) is 118 cm³/mol. The van der Waals surface area contributed by atoms with E-state index in [1.807, 2.05) is 11.8 Å². The number of hydrogen-bond donors (Lipinski definition) is 0. The predicted octanol–water partition coefficient (Wildman–Crippen LogP) is 3.27. The van der Waals surface area contributed by atoms with Gasteiger partial charge in [-0.25, -0.2) is 12.8 Å². The highest BCUT2D eigenvalue weighted by Crippen LogP contribution is 2.25. The molecular weight excluding hydrogens is 417 g/mol. The molecule has 166 valence electrons. The summed E-state index contributed by atoms with van der Waals surface area (Å²) in [5, 5.41) is 0. The van der Waals surface area contributed by atoms with Gasteiger partial charge in [-0.1, -0.05) is 24.6 Å². The van der Waals surface area contributed by atoms with E-state index in [2.05, 4.69) is 0 Å². The summed E-state index contributed by atoms with van der Waals surface area (Å²) in [5.41, 5.74) is 1.71. The number of benzene rings is 2. The molecular formula is C23H28FN3O3S. The third-order valence-electron chi connectivity index (χ3n) is 6.15. The third-order valence-corrected chi connectivity index (χ3v) is 8.05. The zero-order valence-electron chi connectivity index (χ0n) is 17.8. The Morgan fingerprint density at radius 3 is 2.26 bits per heavy atom. The molecule has 0 atom stereocenters. The minimum Gasteiger partial charge on any atom is -0.366 e. The first-order chi connectivity index (χ1) is 14.9. The van der Waals surface area contributed by atoms with Crippen molar-refractivity contribution < 1.29 is 17.6 Å². The number of rotatable bonds is 4. The van der Waals surface area contributed by atoms with Crippen molar-refractivity contribution in [1.29, 1.82) is 0 Å². The summed E-state index contributed by atoms with van der Waals surface area (Å²) in [7, 11) is -3.60. The van der Waals surface area contributed by atoms with E-state index in [9.17, 15) is 17.6 Å². The van der Waals surface area contributed by atoms with E-state index in [0.29, 0.717) is 50.5 Å². The van der Waals surface area contributed by atoms with Gasteiger partial charge in [0.05, 0.1) is 10.6 Å². The molecule has 2 saturated heterocycles. The highest BCUT2D eigenvalue weighted by molar-refractivity contribution is 7.89. The van der Waals surface area contributed by atoms with Gasteiger partial charge in [0.15, 0.2) is 0 Å². The molecule has 2 heterocycles. The Kier molecular flexibility index (Phi) is 6.29. The molecule has 0 radical (unpaired) electrons. The molecule has 4 rings (SSSR count). The number of para-hydroxylation sites is 1. The van der Waals surface area contributed by atoms with Crippen molar-refractivity contribution in [3.63, 3.8) is 0 Å². The Morgan fingerprint density at radius 1 is 0.903 bits per heavy atom. The van der Waals surface area contributed by atoms with Crippen molar-refractivity contribution in [3.8, 4) is 0 Å². The second-order valence-electron chi connectivity index (χ2n) is 8.17. The van der Waals surface area contributed by atoms with Gasteiger partial charge in [-0.3, -0.25) is 4.79 Å². The number of nitrogens with zero attached hydrogens (tertiary/aromatic N) is 3. The van der Waals surface area contributed by atoms with Gasteiger partial charge in [-0.2, -0.15) is 4.31 Å². The first-order valence-electron chi connectivity index (χ1n) is 10.8. The maximum absolute atomic E-state index is 14.1. The van der Waals surface area contributed by atoms with E-state index in [-0.39, 0.29) is 16.6 Å². The molecule has 0 aliphatic carbocycles. The molecule has 31 heavy (non-hydrogen) atoms. The fraction of sp³-hybridized carbons (Fsp3) is 0.435. The number of piperazine rings is 1. The van der Waals surface area contributed by atoms with Crippen LogP contribution in [0.2, 0.25) is 0 Å². The quantitative estimate of drug-likeness (QED) is 0.725. The fourth-order valence-electron chi connectivity index (χ4n) is 4.28. The van der Waals surface area contributed by atoms with E-state index in [1.165, 1.54) is 16.4 Å². The molecule has 2 fully saturated rings. The fourth-order valence-corrected chi connectivity index (χ4v) is 5.82. The SMILES string of the molecule is Cc1ccc(S(=O)(=O)N2CCCCC2)cc1C(=O)N1CCN(c2ccccc2F)CC1. The lowest BCUT2D eigenvalue weighted by Gasteiger charge is -2.36. The number of sulfonamides is 1. The van der Waals surface area contributed by atoms with Gasteiger partial charge in [0.2, 0.25) is 10.0 Å². The zero-order chi connectivity index (χ0) is 22.0. The summed E-state index contributed by atoms with van der Waals surface area (Å²) in [6.07, 6.45) is 2.77. The first-order valence-corrected chi connectivity index (χ1v) is 12.2. The van der Waals surface area contributed by atoms with Crippen molar-refractivity contribution >= 4 is 21.6 Å². The second kappa shape index (κ2) is 8.96. The number of amides is 1. The highest BCUT2D eigenvalue weighted by atomic mass is 32.2. The molecule has 6 nitrogen and oxygen atoms in total. The topological polar surface area (TPSA) is 60.9 Å². The summed E-state index contributed by atoms with van der Waals surface area (Å²) in [6.45, 7) is 4.83. The first kappa shape index (κ1) is 21.8. The van der Waals surface area contributed by atoms with Gasteiger partial charge in [0, 0.05) is 44.8 Å². The molecule has 0 N–H and O–H groups in total. The zero-order valence-corrected chi connectivity index (χ0v) is 18.6. The van der Waals surface area contributed by atoms with Gasteiger partial charge in [-0.15, -0.1) is 0 Å². The molecule has 8 heteroatoms. The van der Waals surface area contributed by atoms with Crippen molar-refractivity contribution in [2.24, 2.45) is 0 Å². The average molecular weight is 446 g/mol. The maximum Gasteiger partial charge on any atom is 0.254 e. The lowest BCUT2D eigenvalue weighted by molar-refractivity contribution is 0.0745. The Balaban J connectivity index is 1.50. The van der Waals surface area contributed by atoms with Crippen LogP contribution >= 0.6 is 0 Å². The number of piperidine rings is 1. The number of carbonyl (C=O) groups excluding carboxylic acids is 1. The average Bonchev–Trinajstić information content (AvgIpc) is 2.80. The molecule has 0 saturated carbocycles. The van der Waals surface area contributed by atoms with Crippen LogP contribution in [0.5, 0.6) is 0 Å². The summed E-state index contributed by atoms with van der Waals surface area (Å²) >= 11 is 0. The van der Waals surface area contributed by atoms with Crippen LogP contribution in [0.25, 0.3) is 0 Å². The van der Waals surface area contributed by atoms with Crippen LogP contribution in [0.15, 0.2) is 47.4 Å². The molecule has 2 aliphatic rings. The summed E-state index contributed by atoms with van der Waals surface area (Å²) < 4.78 is 41.7. The molecule has 2 aromatic carbocycles. The standard InChI is InChI=1S/C23H28FN3O3S/c1-18-9-10-19(31(29,30)27-11-5-2-6-12-27)17-20(18)23(28)26-15-13-25(14-16-26)22-8-4-3-7-21(22)24/h3-4,7-10,17H,2,5-6,11-16H2,1H3. The van der Waals surface area contributed by atoms with Crippen LogP contribution in [0.4, 0.5) is 10.1 Å². The van der Waals surface area contributed by atoms with Gasteiger partial charge < -0.3 is 9.80 Å². The number of hydrogen-bond acceptors (Lipinski definition) is 4. The van der Waals surface area contributed by atoms with E-state index in [0.717, 1.165) is 24.8 Å². The molecule has 0 bridgehead atoms. The summed E-state index contributed by atoms with van der Waals surface area (Å²) in [4.78, 5) is 17.0. The van der Waals surface area contributed by atoms with Crippen LogP contribution < -0.4 is 4.90 Å². The van der Waals surface area contributed by atoms with Crippen LogP contribution in [0, 0.1) is 12.7 Å². The third kappa shape index (κ3) is 4.45. The van der Waals surface area contributed by atoms with E-state index < -0.39 is 10.0 Å². The minimum atomic E-state index is -3.60. The van der Waals surface area contributed by atoms with E-state index in [4.69, 9.17) is 0 Å². The highest BCUT2D eigenvalue weighted by Gasteiger charge is 2.29.